The van der Waals surface area contributed by atoms with E-state index in [0.717, 1.165) is 36.2 Å². The van der Waals surface area contributed by atoms with Crippen molar-refractivity contribution in [3.63, 3.8) is 0 Å². The summed E-state index contributed by atoms with van der Waals surface area (Å²) in [6, 6.07) is 0. The molecular formula is C18H30N4O2. The Kier molecular flexibility index (Phi) is 6.15. The molecule has 0 aromatic carbocycles. The molecule has 6 nitrogen and oxygen atoms in total. The number of hydrogen-bond acceptors (Lipinski definition) is 5. The second-order valence-electron chi connectivity index (χ2n) is 7.32. The van der Waals surface area contributed by atoms with Crippen LogP contribution in [-0.4, -0.2) is 45.1 Å². The number of rotatable bonds is 5. The van der Waals surface area contributed by atoms with E-state index in [2.05, 4.69) is 23.8 Å². The summed E-state index contributed by atoms with van der Waals surface area (Å²) in [4.78, 5) is 22.8. The molecule has 1 atom stereocenters. The van der Waals surface area contributed by atoms with E-state index in [1.54, 1.807) is 0 Å². The summed E-state index contributed by atoms with van der Waals surface area (Å²) in [7, 11) is 0. The molecule has 1 aromatic heterocycles. The molecule has 1 fully saturated rings. The van der Waals surface area contributed by atoms with E-state index < -0.39 is 0 Å². The number of amides is 1. The van der Waals surface area contributed by atoms with Crippen molar-refractivity contribution in [2.24, 2.45) is 11.8 Å². The van der Waals surface area contributed by atoms with Crippen LogP contribution in [-0.2, 0) is 11.2 Å². The Labute approximate surface area is 144 Å². The third-order valence-electron chi connectivity index (χ3n) is 4.92. The van der Waals surface area contributed by atoms with Gasteiger partial charge in [-0.25, -0.2) is 9.97 Å². The lowest BCUT2D eigenvalue weighted by molar-refractivity contribution is -0.132. The van der Waals surface area contributed by atoms with Gasteiger partial charge in [-0.05, 0) is 44.9 Å². The molecule has 1 saturated heterocycles. The fourth-order valence-electron chi connectivity index (χ4n) is 3.49. The number of nitrogen functional groups attached to an aromatic ring is 1. The van der Waals surface area contributed by atoms with Gasteiger partial charge in [0.2, 0.25) is 11.9 Å². The van der Waals surface area contributed by atoms with E-state index >= 15 is 0 Å². The summed E-state index contributed by atoms with van der Waals surface area (Å²) in [5.41, 5.74) is 8.06. The first-order valence-electron chi connectivity index (χ1n) is 8.83. The summed E-state index contributed by atoms with van der Waals surface area (Å²) in [5, 5.41) is 10.3. The second-order valence-corrected chi connectivity index (χ2v) is 7.32. The molecule has 134 valence electrons. The molecular weight excluding hydrogens is 304 g/mol. The van der Waals surface area contributed by atoms with Crippen molar-refractivity contribution in [2.45, 2.75) is 59.5 Å². The number of aryl methyl sites for hydroxylation is 2. The fraction of sp³-hybridized carbons (Fsp3) is 0.722. The quantitative estimate of drug-likeness (QED) is 0.857. The number of hydrogen-bond donors (Lipinski definition) is 2. The number of nitrogens with two attached hydrogens (primary N) is 1. The third kappa shape index (κ3) is 4.66. The first-order chi connectivity index (χ1) is 11.3. The zero-order chi connectivity index (χ0) is 17.9. The molecule has 0 unspecified atom stereocenters. The molecule has 0 spiro atoms. The van der Waals surface area contributed by atoms with E-state index in [0.29, 0.717) is 31.3 Å². The van der Waals surface area contributed by atoms with Gasteiger partial charge < -0.3 is 15.7 Å². The van der Waals surface area contributed by atoms with Gasteiger partial charge in [-0.15, -0.1) is 0 Å². The summed E-state index contributed by atoms with van der Waals surface area (Å²) < 4.78 is 0. The van der Waals surface area contributed by atoms with Crippen molar-refractivity contribution >= 4 is 11.9 Å². The van der Waals surface area contributed by atoms with Gasteiger partial charge in [0.25, 0.3) is 0 Å². The zero-order valence-electron chi connectivity index (χ0n) is 15.2. The molecule has 24 heavy (non-hydrogen) atoms. The summed E-state index contributed by atoms with van der Waals surface area (Å²) in [5.74, 6) is 1.16. The van der Waals surface area contributed by atoms with Crippen LogP contribution in [0, 0.1) is 25.7 Å². The first-order valence-corrected chi connectivity index (χ1v) is 8.83. The van der Waals surface area contributed by atoms with Gasteiger partial charge in [-0.2, -0.15) is 0 Å². The minimum Gasteiger partial charge on any atom is -0.393 e. The second kappa shape index (κ2) is 7.92. The van der Waals surface area contributed by atoms with E-state index in [4.69, 9.17) is 5.73 Å². The standard InChI is InChI=1S/C18H30N4O2/c1-11(2)9-16(23)14-5-7-22(8-6-14)17(24)10-15-12(3)20-18(19)21-13(15)4/h11,14,16,23H,5-10H2,1-4H3,(H2,19,20,21)/t16-/m1/s1. The van der Waals surface area contributed by atoms with Crippen LogP contribution >= 0.6 is 0 Å². The number of anilines is 1. The number of likely N-dealkylation sites (tertiary alicyclic amines) is 1. The molecule has 0 aliphatic carbocycles. The summed E-state index contributed by atoms with van der Waals surface area (Å²) >= 11 is 0. The SMILES string of the molecule is Cc1nc(N)nc(C)c1CC(=O)N1CCC([C@H](O)CC(C)C)CC1. The van der Waals surface area contributed by atoms with Gasteiger partial charge in [0, 0.05) is 30.0 Å². The molecule has 1 aromatic rings. The Balaban J connectivity index is 1.92. The number of carbonyl (C=O) groups is 1. The van der Waals surface area contributed by atoms with Crippen molar-refractivity contribution in [3.8, 4) is 0 Å². The Morgan fingerprint density at radius 3 is 2.29 bits per heavy atom. The smallest absolute Gasteiger partial charge is 0.227 e. The average molecular weight is 334 g/mol. The minimum atomic E-state index is -0.253. The predicted molar refractivity (Wildman–Crippen MR) is 94.4 cm³/mol. The monoisotopic (exact) mass is 334 g/mol. The van der Waals surface area contributed by atoms with E-state index in [1.807, 2.05) is 18.7 Å². The Bertz CT molecular complexity index is 557. The zero-order valence-corrected chi connectivity index (χ0v) is 15.2. The third-order valence-corrected chi connectivity index (χ3v) is 4.92. The van der Waals surface area contributed by atoms with E-state index in [9.17, 15) is 9.90 Å². The van der Waals surface area contributed by atoms with Crippen LogP contribution in [0.1, 0.15) is 50.1 Å². The lowest BCUT2D eigenvalue weighted by atomic mass is 9.87. The van der Waals surface area contributed by atoms with Crippen LogP contribution in [0.5, 0.6) is 0 Å². The highest BCUT2D eigenvalue weighted by Gasteiger charge is 2.28. The number of aliphatic hydroxyl groups excluding tert-OH is 1. The summed E-state index contributed by atoms with van der Waals surface area (Å²) in [6.07, 6.45) is 2.64. The van der Waals surface area contributed by atoms with Crippen LogP contribution in [0.4, 0.5) is 5.95 Å². The molecule has 1 aliphatic rings. The Morgan fingerprint density at radius 1 is 1.25 bits per heavy atom. The van der Waals surface area contributed by atoms with Crippen LogP contribution in [0.2, 0.25) is 0 Å². The van der Waals surface area contributed by atoms with Crippen LogP contribution < -0.4 is 5.73 Å². The fourth-order valence-corrected chi connectivity index (χ4v) is 3.49. The molecule has 1 amide bonds. The van der Waals surface area contributed by atoms with Crippen molar-refractivity contribution in [2.75, 3.05) is 18.8 Å². The molecule has 2 heterocycles. The lowest BCUT2D eigenvalue weighted by Gasteiger charge is -2.35. The maximum Gasteiger partial charge on any atom is 0.227 e. The predicted octanol–water partition coefficient (Wildman–Crippen LogP) is 1.86. The molecule has 0 radical (unpaired) electrons. The Morgan fingerprint density at radius 2 is 1.79 bits per heavy atom. The highest BCUT2D eigenvalue weighted by Crippen LogP contribution is 2.25. The number of carbonyl (C=O) groups excluding carboxylic acids is 1. The Hall–Kier alpha value is -1.69. The number of aromatic nitrogens is 2. The first kappa shape index (κ1) is 18.6. The van der Waals surface area contributed by atoms with Gasteiger partial charge in [0.05, 0.1) is 12.5 Å². The van der Waals surface area contributed by atoms with Crippen LogP contribution in [0.15, 0.2) is 0 Å². The molecule has 0 bridgehead atoms. The van der Waals surface area contributed by atoms with Crippen LogP contribution in [0.3, 0.4) is 0 Å². The number of aliphatic hydroxyl groups is 1. The average Bonchev–Trinajstić information content (AvgIpc) is 2.50. The van der Waals surface area contributed by atoms with Gasteiger partial charge in [0.15, 0.2) is 0 Å². The van der Waals surface area contributed by atoms with Crippen molar-refractivity contribution in [1.29, 1.82) is 0 Å². The number of nitrogens with zero attached hydrogens (tertiary/aromatic N) is 3. The van der Waals surface area contributed by atoms with Gasteiger partial charge in [0.1, 0.15) is 0 Å². The maximum absolute atomic E-state index is 12.6. The summed E-state index contributed by atoms with van der Waals surface area (Å²) in [6.45, 7) is 9.41. The van der Waals surface area contributed by atoms with Gasteiger partial charge in [-0.3, -0.25) is 4.79 Å². The van der Waals surface area contributed by atoms with Gasteiger partial charge >= 0.3 is 0 Å². The molecule has 6 heteroatoms. The molecule has 0 saturated carbocycles. The molecule has 3 N–H and O–H groups in total. The molecule has 1 aliphatic heterocycles. The van der Waals surface area contributed by atoms with Crippen molar-refractivity contribution < 1.29 is 9.90 Å². The van der Waals surface area contributed by atoms with Crippen molar-refractivity contribution in [1.82, 2.24) is 14.9 Å². The van der Waals surface area contributed by atoms with Crippen molar-refractivity contribution in [3.05, 3.63) is 17.0 Å². The largest absolute Gasteiger partial charge is 0.393 e. The van der Waals surface area contributed by atoms with Gasteiger partial charge in [-0.1, -0.05) is 13.8 Å². The highest BCUT2D eigenvalue weighted by molar-refractivity contribution is 5.79. The molecule has 2 rings (SSSR count). The lowest BCUT2D eigenvalue weighted by Crippen LogP contribution is -2.42. The number of piperidine rings is 1. The topological polar surface area (TPSA) is 92.3 Å². The van der Waals surface area contributed by atoms with E-state index in [1.165, 1.54) is 0 Å². The van der Waals surface area contributed by atoms with Crippen LogP contribution in [0.25, 0.3) is 0 Å². The highest BCUT2D eigenvalue weighted by atomic mass is 16.3. The normalized spacial score (nSPS) is 17.3. The van der Waals surface area contributed by atoms with E-state index in [-0.39, 0.29) is 18.0 Å². The minimum absolute atomic E-state index is 0.103. The maximum atomic E-state index is 12.6.